The number of nitrogens with zero attached hydrogens (tertiary/aromatic N) is 4. The second kappa shape index (κ2) is 9.01. The molecule has 0 aliphatic carbocycles. The summed E-state index contributed by atoms with van der Waals surface area (Å²) in [7, 11) is 0. The van der Waals surface area contributed by atoms with Gasteiger partial charge in [0.1, 0.15) is 0 Å². The van der Waals surface area contributed by atoms with Gasteiger partial charge in [-0.25, -0.2) is 4.68 Å². The van der Waals surface area contributed by atoms with Crippen molar-refractivity contribution in [2.24, 2.45) is 0 Å². The molecule has 1 unspecified atom stereocenters. The van der Waals surface area contributed by atoms with Crippen molar-refractivity contribution in [3.05, 3.63) is 83.2 Å². The van der Waals surface area contributed by atoms with Crippen molar-refractivity contribution < 1.29 is 9.53 Å². The predicted molar refractivity (Wildman–Crippen MR) is 110 cm³/mol. The Balaban J connectivity index is 1.35. The fourth-order valence-corrected chi connectivity index (χ4v) is 3.64. The van der Waals surface area contributed by atoms with E-state index in [1.165, 1.54) is 11.1 Å². The van der Waals surface area contributed by atoms with E-state index in [1.54, 1.807) is 10.9 Å². The highest BCUT2D eigenvalue weighted by Crippen LogP contribution is 2.17. The molecule has 1 aliphatic heterocycles. The fraction of sp³-hybridized carbons (Fsp3) is 0.348. The summed E-state index contributed by atoms with van der Waals surface area (Å²) in [5.74, 6) is -0.0750. The number of piperidine rings is 1. The lowest BCUT2D eigenvalue weighted by Gasteiger charge is -2.32. The van der Waals surface area contributed by atoms with Crippen LogP contribution < -0.4 is 0 Å². The van der Waals surface area contributed by atoms with Gasteiger partial charge in [0.15, 0.2) is 5.69 Å². The smallest absolute Gasteiger partial charge is 0.276 e. The molecule has 1 aliphatic rings. The number of rotatable bonds is 6. The molecule has 29 heavy (non-hydrogen) atoms. The first kappa shape index (κ1) is 19.3. The Morgan fingerprint density at radius 3 is 2.76 bits per heavy atom. The van der Waals surface area contributed by atoms with Crippen LogP contribution in [-0.2, 0) is 17.9 Å². The number of carbonyl (C=O) groups is 1. The van der Waals surface area contributed by atoms with Crippen LogP contribution in [0.4, 0.5) is 0 Å². The summed E-state index contributed by atoms with van der Waals surface area (Å²) in [6, 6.07) is 18.3. The third kappa shape index (κ3) is 4.90. The number of benzene rings is 2. The zero-order valence-electron chi connectivity index (χ0n) is 16.7. The van der Waals surface area contributed by atoms with Gasteiger partial charge in [0, 0.05) is 13.1 Å². The van der Waals surface area contributed by atoms with E-state index in [9.17, 15) is 4.79 Å². The number of carbonyl (C=O) groups excluding carboxylic acids is 1. The molecule has 6 heteroatoms. The third-order valence-electron chi connectivity index (χ3n) is 5.35. The summed E-state index contributed by atoms with van der Waals surface area (Å²) < 4.78 is 7.77. The Bertz CT molecular complexity index is 954. The highest BCUT2D eigenvalue weighted by atomic mass is 16.5. The van der Waals surface area contributed by atoms with Crippen molar-refractivity contribution in [3.8, 4) is 0 Å². The summed E-state index contributed by atoms with van der Waals surface area (Å²) in [6.07, 6.45) is 3.69. The van der Waals surface area contributed by atoms with Gasteiger partial charge in [-0.2, -0.15) is 0 Å². The molecule has 0 saturated carbocycles. The van der Waals surface area contributed by atoms with Crippen LogP contribution in [-0.4, -0.2) is 45.0 Å². The van der Waals surface area contributed by atoms with E-state index in [4.69, 9.17) is 4.74 Å². The van der Waals surface area contributed by atoms with Crippen molar-refractivity contribution in [1.29, 1.82) is 0 Å². The average Bonchev–Trinajstić information content (AvgIpc) is 3.23. The maximum atomic E-state index is 12.9. The van der Waals surface area contributed by atoms with Crippen molar-refractivity contribution in [3.63, 3.8) is 0 Å². The van der Waals surface area contributed by atoms with Gasteiger partial charge in [0.25, 0.3) is 5.91 Å². The summed E-state index contributed by atoms with van der Waals surface area (Å²) in [4.78, 5) is 14.7. The Hall–Kier alpha value is -2.99. The number of hydrogen-bond acceptors (Lipinski definition) is 4. The largest absolute Gasteiger partial charge is 0.372 e. The Kier molecular flexibility index (Phi) is 6.00. The van der Waals surface area contributed by atoms with Crippen LogP contribution in [0.15, 0.2) is 60.8 Å². The van der Waals surface area contributed by atoms with Gasteiger partial charge in [-0.3, -0.25) is 4.79 Å². The van der Waals surface area contributed by atoms with E-state index < -0.39 is 0 Å². The summed E-state index contributed by atoms with van der Waals surface area (Å²) in [5, 5.41) is 8.27. The predicted octanol–water partition coefficient (Wildman–Crippen LogP) is 3.46. The highest BCUT2D eigenvalue weighted by Gasteiger charge is 2.26. The van der Waals surface area contributed by atoms with Crippen LogP contribution in [0.1, 0.15) is 40.0 Å². The van der Waals surface area contributed by atoms with Crippen molar-refractivity contribution in [1.82, 2.24) is 19.9 Å². The summed E-state index contributed by atoms with van der Waals surface area (Å²) >= 11 is 0. The van der Waals surface area contributed by atoms with Gasteiger partial charge >= 0.3 is 0 Å². The van der Waals surface area contributed by atoms with Crippen molar-refractivity contribution in [2.75, 3.05) is 13.1 Å². The number of aryl methyl sites for hydroxylation is 1. The molecule has 0 spiro atoms. The van der Waals surface area contributed by atoms with Gasteiger partial charge in [0.05, 0.1) is 25.5 Å². The molecule has 1 fully saturated rings. The zero-order valence-corrected chi connectivity index (χ0v) is 16.7. The molecule has 1 amide bonds. The van der Waals surface area contributed by atoms with Gasteiger partial charge in [-0.15, -0.1) is 5.10 Å². The molecule has 0 bridgehead atoms. The number of aromatic nitrogens is 3. The molecular weight excluding hydrogens is 364 g/mol. The molecule has 0 N–H and O–H groups in total. The van der Waals surface area contributed by atoms with E-state index in [1.807, 2.05) is 35.2 Å². The van der Waals surface area contributed by atoms with Crippen molar-refractivity contribution in [2.45, 2.75) is 39.0 Å². The first-order chi connectivity index (χ1) is 14.2. The fourth-order valence-electron chi connectivity index (χ4n) is 3.64. The first-order valence-corrected chi connectivity index (χ1v) is 10.1. The average molecular weight is 390 g/mol. The van der Waals surface area contributed by atoms with Crippen LogP contribution in [0, 0.1) is 6.92 Å². The maximum absolute atomic E-state index is 12.9. The molecule has 3 aromatic rings. The lowest BCUT2D eigenvalue weighted by atomic mass is 10.1. The molecule has 0 radical (unpaired) electrons. The van der Waals surface area contributed by atoms with Crippen LogP contribution in [0.2, 0.25) is 0 Å². The molecule has 1 saturated heterocycles. The zero-order chi connectivity index (χ0) is 20.1. The normalized spacial score (nSPS) is 16.7. The first-order valence-electron chi connectivity index (χ1n) is 10.1. The van der Waals surface area contributed by atoms with E-state index in [0.717, 1.165) is 24.9 Å². The van der Waals surface area contributed by atoms with Crippen LogP contribution in [0.3, 0.4) is 0 Å². The van der Waals surface area contributed by atoms with E-state index in [2.05, 4.69) is 41.5 Å². The minimum absolute atomic E-state index is 0.0509. The monoisotopic (exact) mass is 390 g/mol. The van der Waals surface area contributed by atoms with Crippen LogP contribution >= 0.6 is 0 Å². The Labute approximate surface area is 171 Å². The second-order valence-electron chi connectivity index (χ2n) is 7.54. The molecule has 2 heterocycles. The van der Waals surface area contributed by atoms with Gasteiger partial charge in [0.2, 0.25) is 0 Å². The SMILES string of the molecule is Cc1ccccc1Cn1cc(C(=O)N2CCCC(OCc3ccccc3)C2)nn1. The Morgan fingerprint density at radius 1 is 1.14 bits per heavy atom. The second-order valence-corrected chi connectivity index (χ2v) is 7.54. The van der Waals surface area contributed by atoms with Gasteiger partial charge < -0.3 is 9.64 Å². The number of likely N-dealkylation sites (tertiary alicyclic amines) is 1. The van der Waals surface area contributed by atoms with E-state index in [0.29, 0.717) is 25.4 Å². The minimum atomic E-state index is -0.0750. The maximum Gasteiger partial charge on any atom is 0.276 e. The quantitative estimate of drug-likeness (QED) is 0.647. The van der Waals surface area contributed by atoms with Crippen LogP contribution in [0.5, 0.6) is 0 Å². The van der Waals surface area contributed by atoms with Gasteiger partial charge in [-0.1, -0.05) is 59.8 Å². The standard InChI is InChI=1S/C23H26N4O2/c1-18-8-5-6-11-20(18)14-27-16-22(24-25-27)23(28)26-13-7-12-21(15-26)29-17-19-9-3-2-4-10-19/h2-6,8-11,16,21H,7,12-15,17H2,1H3. The molecule has 6 nitrogen and oxygen atoms in total. The van der Waals surface area contributed by atoms with E-state index >= 15 is 0 Å². The summed E-state index contributed by atoms with van der Waals surface area (Å²) in [6.45, 7) is 4.57. The number of amides is 1. The minimum Gasteiger partial charge on any atom is -0.372 e. The number of ether oxygens (including phenoxy) is 1. The summed E-state index contributed by atoms with van der Waals surface area (Å²) in [5.41, 5.74) is 3.91. The molecule has 2 aromatic carbocycles. The highest BCUT2D eigenvalue weighted by molar-refractivity contribution is 5.92. The Morgan fingerprint density at radius 2 is 1.93 bits per heavy atom. The topological polar surface area (TPSA) is 60.2 Å². The van der Waals surface area contributed by atoms with Crippen molar-refractivity contribution >= 4 is 5.91 Å². The lowest BCUT2D eigenvalue weighted by Crippen LogP contribution is -2.43. The molecular formula is C23H26N4O2. The van der Waals surface area contributed by atoms with E-state index in [-0.39, 0.29) is 12.0 Å². The van der Waals surface area contributed by atoms with Crippen LogP contribution in [0.25, 0.3) is 0 Å². The molecule has 4 rings (SSSR count). The third-order valence-corrected chi connectivity index (χ3v) is 5.35. The molecule has 150 valence electrons. The lowest BCUT2D eigenvalue weighted by molar-refractivity contribution is -0.00689. The molecule has 1 aromatic heterocycles. The van der Waals surface area contributed by atoms with Gasteiger partial charge in [-0.05, 0) is 36.5 Å². The number of hydrogen-bond donors (Lipinski definition) is 0. The molecule has 1 atom stereocenters.